The molecule has 3 saturated carbocycles. The van der Waals surface area contributed by atoms with Gasteiger partial charge in [-0.2, -0.15) is 0 Å². The lowest BCUT2D eigenvalue weighted by Gasteiger charge is -2.54. The molecule has 4 aliphatic rings. The summed E-state index contributed by atoms with van der Waals surface area (Å²) < 4.78 is 5.60. The maximum atomic E-state index is 12.4. The number of hydrogen-bond donors (Lipinski definition) is 3. The largest absolute Gasteiger partial charge is 0.484 e. The number of nitrogens with two attached hydrogens (primary N) is 1. The monoisotopic (exact) mass is 359 g/mol. The van der Waals surface area contributed by atoms with Gasteiger partial charge in [-0.25, -0.2) is 0 Å². The van der Waals surface area contributed by atoms with Gasteiger partial charge in [0, 0.05) is 30.2 Å². The molecule has 0 spiro atoms. The van der Waals surface area contributed by atoms with E-state index in [-0.39, 0.29) is 24.0 Å². The summed E-state index contributed by atoms with van der Waals surface area (Å²) in [5.74, 6) is 0.262. The molecule has 1 atom stereocenters. The molecule has 3 fully saturated rings. The molecule has 7 nitrogen and oxygen atoms in total. The van der Waals surface area contributed by atoms with Crippen LogP contribution in [0.25, 0.3) is 0 Å². The molecular formula is C19H25N3O4. The molecular weight excluding hydrogens is 334 g/mol. The molecule has 2 amide bonds. The van der Waals surface area contributed by atoms with Gasteiger partial charge >= 0.3 is 0 Å². The first-order valence-corrected chi connectivity index (χ1v) is 9.09. The highest BCUT2D eigenvalue weighted by Crippen LogP contribution is 2.45. The molecule has 0 aromatic heterocycles. The van der Waals surface area contributed by atoms with E-state index in [1.165, 1.54) is 0 Å². The number of carbonyl (C=O) groups excluding carboxylic acids is 2. The van der Waals surface area contributed by atoms with E-state index >= 15 is 0 Å². The number of ether oxygens (including phenoxy) is 1. The number of hydrogen-bond acceptors (Lipinski definition) is 5. The fourth-order valence-corrected chi connectivity index (χ4v) is 4.48. The summed E-state index contributed by atoms with van der Waals surface area (Å²) in [6.45, 7) is 0.483. The van der Waals surface area contributed by atoms with Crippen LogP contribution in [0.4, 0.5) is 0 Å². The lowest BCUT2D eigenvalue weighted by molar-refractivity contribution is -0.128. The summed E-state index contributed by atoms with van der Waals surface area (Å²) in [7, 11) is 1.76. The topological polar surface area (TPSA) is 105 Å². The zero-order valence-electron chi connectivity index (χ0n) is 15.0. The number of benzene rings is 1. The molecule has 0 unspecified atom stereocenters. The quantitative estimate of drug-likeness (QED) is 0.728. The van der Waals surface area contributed by atoms with Gasteiger partial charge in [0.15, 0.2) is 6.61 Å². The molecule has 7 heteroatoms. The number of nitrogens with zero attached hydrogens (tertiary/aromatic N) is 1. The average molecular weight is 359 g/mol. The molecule has 1 aromatic rings. The van der Waals surface area contributed by atoms with Crippen LogP contribution < -0.4 is 15.8 Å². The van der Waals surface area contributed by atoms with Crippen LogP contribution in [0.1, 0.15) is 48.0 Å². The first-order valence-electron chi connectivity index (χ1n) is 9.09. The second-order valence-corrected chi connectivity index (χ2v) is 8.05. The van der Waals surface area contributed by atoms with Crippen LogP contribution in [0.5, 0.6) is 5.75 Å². The van der Waals surface area contributed by atoms with Crippen molar-refractivity contribution >= 4 is 11.8 Å². The molecule has 26 heavy (non-hydrogen) atoms. The maximum absolute atomic E-state index is 12.4. The van der Waals surface area contributed by atoms with Crippen molar-refractivity contribution < 1.29 is 19.4 Å². The Bertz CT molecular complexity index is 755. The summed E-state index contributed by atoms with van der Waals surface area (Å²) in [4.78, 5) is 26.1. The molecule has 4 N–H and O–H groups in total. The minimum Gasteiger partial charge on any atom is -0.484 e. The van der Waals surface area contributed by atoms with Crippen molar-refractivity contribution in [1.82, 2.24) is 10.2 Å². The number of aliphatic hydroxyl groups excluding tert-OH is 1. The lowest BCUT2D eigenvalue weighted by Crippen LogP contribution is -2.68. The smallest absolute Gasteiger partial charge is 0.258 e. The third-order valence-electron chi connectivity index (χ3n) is 6.23. The van der Waals surface area contributed by atoms with Gasteiger partial charge in [0.25, 0.3) is 11.8 Å². The van der Waals surface area contributed by atoms with E-state index in [1.54, 1.807) is 24.1 Å². The predicted molar refractivity (Wildman–Crippen MR) is 94.6 cm³/mol. The molecule has 0 radical (unpaired) electrons. The van der Waals surface area contributed by atoms with Crippen LogP contribution in [0.15, 0.2) is 18.2 Å². The van der Waals surface area contributed by atoms with Gasteiger partial charge in [0.2, 0.25) is 0 Å². The van der Waals surface area contributed by atoms with E-state index in [2.05, 4.69) is 5.32 Å². The van der Waals surface area contributed by atoms with Crippen LogP contribution in [-0.2, 0) is 11.3 Å². The van der Waals surface area contributed by atoms with Crippen LogP contribution in [0, 0.1) is 0 Å². The number of aliphatic hydroxyl groups is 1. The Balaban J connectivity index is 1.36. The van der Waals surface area contributed by atoms with Gasteiger partial charge < -0.3 is 25.8 Å². The standard InChI is InChI=1S/C19H25N3O4/c1-22-10-12-2-3-13(8-14(12)17(22)25)26-11-16(24)21-18-4-6-19(20,7-5-18)15(23)9-18/h2-3,8,15,23H,4-7,9-11,20H2,1H3,(H,21,24)/t15-,18?,19?/m0/s1. The molecule has 1 aromatic carbocycles. The van der Waals surface area contributed by atoms with Gasteiger partial charge in [-0.15, -0.1) is 0 Å². The van der Waals surface area contributed by atoms with E-state index in [0.717, 1.165) is 31.2 Å². The highest BCUT2D eigenvalue weighted by Gasteiger charge is 2.52. The zero-order valence-corrected chi connectivity index (χ0v) is 15.0. The van der Waals surface area contributed by atoms with E-state index in [9.17, 15) is 14.7 Å². The lowest BCUT2D eigenvalue weighted by atomic mass is 9.60. The first-order chi connectivity index (χ1) is 12.3. The molecule has 0 saturated heterocycles. The minimum absolute atomic E-state index is 0.0301. The fraction of sp³-hybridized carbons (Fsp3) is 0.579. The Hall–Kier alpha value is -2.12. The highest BCUT2D eigenvalue weighted by molar-refractivity contribution is 5.98. The summed E-state index contributed by atoms with van der Waals surface area (Å²) in [6, 6.07) is 5.34. The Labute approximate surface area is 152 Å². The van der Waals surface area contributed by atoms with Gasteiger partial charge in [-0.3, -0.25) is 9.59 Å². The van der Waals surface area contributed by atoms with E-state index in [0.29, 0.717) is 24.3 Å². The van der Waals surface area contributed by atoms with E-state index < -0.39 is 11.6 Å². The second-order valence-electron chi connectivity index (χ2n) is 8.05. The van der Waals surface area contributed by atoms with Gasteiger partial charge in [-0.1, -0.05) is 6.07 Å². The van der Waals surface area contributed by atoms with E-state index in [1.807, 2.05) is 6.07 Å². The Kier molecular flexibility index (Phi) is 3.96. The Morgan fingerprint density at radius 3 is 2.81 bits per heavy atom. The van der Waals surface area contributed by atoms with Crippen molar-refractivity contribution in [2.45, 2.75) is 55.8 Å². The Morgan fingerprint density at radius 1 is 1.38 bits per heavy atom. The van der Waals surface area contributed by atoms with Crippen molar-refractivity contribution in [2.75, 3.05) is 13.7 Å². The predicted octanol–water partition coefficient (Wildman–Crippen LogP) is 0.542. The third kappa shape index (κ3) is 2.85. The van der Waals surface area contributed by atoms with Gasteiger partial charge in [-0.05, 0) is 49.8 Å². The van der Waals surface area contributed by atoms with Crippen LogP contribution >= 0.6 is 0 Å². The molecule has 1 heterocycles. The fourth-order valence-electron chi connectivity index (χ4n) is 4.48. The van der Waals surface area contributed by atoms with Crippen LogP contribution in [0.2, 0.25) is 0 Å². The zero-order chi connectivity index (χ0) is 18.5. The first kappa shape index (κ1) is 17.3. The van der Waals surface area contributed by atoms with Gasteiger partial charge in [0.05, 0.1) is 6.10 Å². The number of carbonyl (C=O) groups is 2. The minimum atomic E-state index is -0.578. The molecule has 140 valence electrons. The normalized spacial score (nSPS) is 32.5. The molecule has 3 aliphatic carbocycles. The Morgan fingerprint density at radius 2 is 2.12 bits per heavy atom. The summed E-state index contributed by atoms with van der Waals surface area (Å²) in [5.41, 5.74) is 6.94. The number of amides is 2. The highest BCUT2D eigenvalue weighted by atomic mass is 16.5. The number of nitrogens with one attached hydrogen (secondary N) is 1. The van der Waals surface area contributed by atoms with Crippen molar-refractivity contribution in [2.24, 2.45) is 5.73 Å². The van der Waals surface area contributed by atoms with Crippen molar-refractivity contribution in [3.63, 3.8) is 0 Å². The molecule has 2 bridgehead atoms. The summed E-state index contributed by atoms with van der Waals surface area (Å²) in [6.07, 6.45) is 2.92. The molecule has 1 aliphatic heterocycles. The maximum Gasteiger partial charge on any atom is 0.258 e. The SMILES string of the molecule is CN1Cc2ccc(OCC(=O)NC34CCC(N)(CC3)[C@@H](O)C4)cc2C1=O. The van der Waals surface area contributed by atoms with Crippen molar-refractivity contribution in [3.8, 4) is 5.75 Å². The van der Waals surface area contributed by atoms with E-state index in [4.69, 9.17) is 10.5 Å². The second kappa shape index (κ2) is 5.96. The summed E-state index contributed by atoms with van der Waals surface area (Å²) >= 11 is 0. The van der Waals surface area contributed by atoms with Crippen LogP contribution in [-0.4, -0.2) is 52.7 Å². The van der Waals surface area contributed by atoms with Crippen molar-refractivity contribution in [3.05, 3.63) is 29.3 Å². The van der Waals surface area contributed by atoms with Gasteiger partial charge in [0.1, 0.15) is 5.75 Å². The average Bonchev–Trinajstić information content (AvgIpc) is 2.89. The number of rotatable bonds is 4. The summed E-state index contributed by atoms with van der Waals surface area (Å²) in [5, 5.41) is 13.3. The van der Waals surface area contributed by atoms with Crippen molar-refractivity contribution in [1.29, 1.82) is 0 Å². The number of fused-ring (bicyclic) bond motifs is 4. The third-order valence-corrected chi connectivity index (χ3v) is 6.23. The van der Waals surface area contributed by atoms with Crippen LogP contribution in [0.3, 0.4) is 0 Å². The molecule has 5 rings (SSSR count).